The van der Waals surface area contributed by atoms with Gasteiger partial charge in [-0.05, 0) is 36.9 Å². The van der Waals surface area contributed by atoms with Crippen molar-refractivity contribution in [1.82, 2.24) is 4.57 Å². The highest BCUT2D eigenvalue weighted by Gasteiger charge is 2.04. The summed E-state index contributed by atoms with van der Waals surface area (Å²) in [5, 5.41) is 10.3. The van der Waals surface area contributed by atoms with Crippen LogP contribution in [0.15, 0.2) is 30.5 Å². The van der Waals surface area contributed by atoms with Gasteiger partial charge in [0.15, 0.2) is 0 Å². The first-order valence-corrected chi connectivity index (χ1v) is 4.92. The second-order valence-corrected chi connectivity index (χ2v) is 3.87. The van der Waals surface area contributed by atoms with Gasteiger partial charge < -0.3 is 9.67 Å². The molecular weight excluding hydrogens is 174 g/mol. The lowest BCUT2D eigenvalue weighted by Gasteiger charge is -2.09. The van der Waals surface area contributed by atoms with Crippen LogP contribution >= 0.6 is 0 Å². The average molecular weight is 189 g/mol. The normalized spacial score (nSPS) is 11.4. The minimum absolute atomic E-state index is 0.110. The maximum absolute atomic E-state index is 9.05. The molecule has 1 N–H and O–H groups in total. The highest BCUT2D eigenvalue weighted by molar-refractivity contribution is 5.80. The van der Waals surface area contributed by atoms with E-state index in [2.05, 4.69) is 42.8 Å². The van der Waals surface area contributed by atoms with Gasteiger partial charge in [0.25, 0.3) is 0 Å². The van der Waals surface area contributed by atoms with E-state index in [1.165, 1.54) is 10.9 Å². The van der Waals surface area contributed by atoms with Gasteiger partial charge in [0, 0.05) is 17.8 Å². The van der Waals surface area contributed by atoms with E-state index < -0.39 is 0 Å². The predicted molar refractivity (Wildman–Crippen MR) is 58.2 cm³/mol. The standard InChI is InChI=1S/C12H15NO/c1-9(2)13-6-5-11-4-3-10(8-14)7-12(11)13/h3-7,9,14H,8H2,1-2H3. The van der Waals surface area contributed by atoms with Crippen LogP contribution < -0.4 is 0 Å². The van der Waals surface area contributed by atoms with Gasteiger partial charge in [-0.2, -0.15) is 0 Å². The molecule has 1 aromatic heterocycles. The van der Waals surface area contributed by atoms with Gasteiger partial charge in [0.05, 0.1) is 6.61 Å². The Morgan fingerprint density at radius 3 is 2.71 bits per heavy atom. The largest absolute Gasteiger partial charge is 0.392 e. The quantitative estimate of drug-likeness (QED) is 0.772. The Balaban J connectivity index is 2.63. The Hall–Kier alpha value is -1.28. The molecule has 0 amide bonds. The molecule has 0 aliphatic carbocycles. The van der Waals surface area contributed by atoms with Crippen LogP contribution in [0, 0.1) is 0 Å². The Morgan fingerprint density at radius 2 is 2.07 bits per heavy atom. The SMILES string of the molecule is CC(C)n1ccc2ccc(CO)cc21. The van der Waals surface area contributed by atoms with Crippen LogP contribution in [0.4, 0.5) is 0 Å². The molecule has 2 nitrogen and oxygen atoms in total. The summed E-state index contributed by atoms with van der Waals surface area (Å²) in [7, 11) is 0. The Bertz CT molecular complexity index is 443. The third kappa shape index (κ3) is 1.42. The van der Waals surface area contributed by atoms with E-state index in [4.69, 9.17) is 5.11 Å². The molecule has 0 saturated heterocycles. The van der Waals surface area contributed by atoms with E-state index in [0.717, 1.165) is 5.56 Å². The first kappa shape index (κ1) is 9.28. The molecule has 0 aliphatic rings. The molecule has 0 atom stereocenters. The molecule has 0 aliphatic heterocycles. The fraction of sp³-hybridized carbons (Fsp3) is 0.333. The average Bonchev–Trinajstić information content (AvgIpc) is 2.59. The zero-order valence-electron chi connectivity index (χ0n) is 8.57. The molecule has 0 bridgehead atoms. The van der Waals surface area contributed by atoms with E-state index >= 15 is 0 Å². The molecule has 74 valence electrons. The highest BCUT2D eigenvalue weighted by Crippen LogP contribution is 2.21. The Kier molecular flexibility index (Phi) is 2.30. The number of benzene rings is 1. The highest BCUT2D eigenvalue weighted by atomic mass is 16.3. The summed E-state index contributed by atoms with van der Waals surface area (Å²) in [5.74, 6) is 0. The van der Waals surface area contributed by atoms with Gasteiger partial charge in [0.2, 0.25) is 0 Å². The maximum Gasteiger partial charge on any atom is 0.0682 e. The summed E-state index contributed by atoms with van der Waals surface area (Å²) >= 11 is 0. The van der Waals surface area contributed by atoms with Gasteiger partial charge in [-0.15, -0.1) is 0 Å². The smallest absolute Gasteiger partial charge is 0.0682 e. The molecule has 0 fully saturated rings. The summed E-state index contributed by atoms with van der Waals surface area (Å²) in [6, 6.07) is 8.64. The Labute approximate surface area is 83.8 Å². The van der Waals surface area contributed by atoms with E-state index in [9.17, 15) is 0 Å². The fourth-order valence-electron chi connectivity index (χ4n) is 1.74. The molecule has 1 heterocycles. The number of aliphatic hydroxyl groups excluding tert-OH is 1. The summed E-state index contributed by atoms with van der Waals surface area (Å²) < 4.78 is 2.22. The first-order valence-electron chi connectivity index (χ1n) is 4.92. The minimum atomic E-state index is 0.110. The van der Waals surface area contributed by atoms with Crippen LogP contribution in [0.3, 0.4) is 0 Å². The van der Waals surface area contributed by atoms with Crippen molar-refractivity contribution in [2.24, 2.45) is 0 Å². The molecule has 0 saturated carbocycles. The maximum atomic E-state index is 9.05. The van der Waals surface area contributed by atoms with E-state index in [0.29, 0.717) is 6.04 Å². The molecule has 0 radical (unpaired) electrons. The topological polar surface area (TPSA) is 25.2 Å². The van der Waals surface area contributed by atoms with Gasteiger partial charge >= 0.3 is 0 Å². The van der Waals surface area contributed by atoms with Crippen LogP contribution in [0.2, 0.25) is 0 Å². The third-order valence-corrected chi connectivity index (χ3v) is 2.53. The summed E-state index contributed by atoms with van der Waals surface area (Å²) in [6.45, 7) is 4.43. The number of nitrogens with zero attached hydrogens (tertiary/aromatic N) is 1. The summed E-state index contributed by atoms with van der Waals surface area (Å²) in [4.78, 5) is 0. The summed E-state index contributed by atoms with van der Waals surface area (Å²) in [6.07, 6.45) is 2.09. The molecule has 14 heavy (non-hydrogen) atoms. The fourth-order valence-corrected chi connectivity index (χ4v) is 1.74. The number of aromatic nitrogens is 1. The number of fused-ring (bicyclic) bond motifs is 1. The first-order chi connectivity index (χ1) is 6.72. The summed E-state index contributed by atoms with van der Waals surface area (Å²) in [5.41, 5.74) is 2.17. The van der Waals surface area contributed by atoms with Gasteiger partial charge in [-0.3, -0.25) is 0 Å². The van der Waals surface area contributed by atoms with Crippen molar-refractivity contribution < 1.29 is 5.11 Å². The minimum Gasteiger partial charge on any atom is -0.392 e. The van der Waals surface area contributed by atoms with Gasteiger partial charge in [0.1, 0.15) is 0 Å². The monoisotopic (exact) mass is 189 g/mol. The van der Waals surface area contributed by atoms with Gasteiger partial charge in [-0.25, -0.2) is 0 Å². The number of rotatable bonds is 2. The lowest BCUT2D eigenvalue weighted by atomic mass is 10.2. The van der Waals surface area contributed by atoms with E-state index in [1.54, 1.807) is 0 Å². The van der Waals surface area contributed by atoms with Crippen LogP contribution in [0.1, 0.15) is 25.5 Å². The lowest BCUT2D eigenvalue weighted by Crippen LogP contribution is -1.98. The zero-order valence-corrected chi connectivity index (χ0v) is 8.57. The van der Waals surface area contributed by atoms with Crippen LogP contribution in [0.5, 0.6) is 0 Å². The van der Waals surface area contributed by atoms with Crippen molar-refractivity contribution >= 4 is 10.9 Å². The molecule has 1 aromatic carbocycles. The predicted octanol–water partition coefficient (Wildman–Crippen LogP) is 2.71. The van der Waals surface area contributed by atoms with Crippen molar-refractivity contribution in [1.29, 1.82) is 0 Å². The molecule has 2 heteroatoms. The van der Waals surface area contributed by atoms with Gasteiger partial charge in [-0.1, -0.05) is 12.1 Å². The van der Waals surface area contributed by atoms with Crippen LogP contribution in [-0.4, -0.2) is 9.67 Å². The molecule has 2 rings (SSSR count). The van der Waals surface area contributed by atoms with Crippen molar-refractivity contribution in [3.05, 3.63) is 36.0 Å². The Morgan fingerprint density at radius 1 is 1.29 bits per heavy atom. The second kappa shape index (κ2) is 3.46. The van der Waals surface area contributed by atoms with Crippen LogP contribution in [-0.2, 0) is 6.61 Å². The lowest BCUT2D eigenvalue weighted by molar-refractivity contribution is 0.282. The second-order valence-electron chi connectivity index (χ2n) is 3.87. The molecule has 2 aromatic rings. The number of aliphatic hydroxyl groups is 1. The van der Waals surface area contributed by atoms with Crippen molar-refractivity contribution in [2.75, 3.05) is 0 Å². The number of hydrogen-bond acceptors (Lipinski definition) is 1. The molecular formula is C12H15NO. The number of hydrogen-bond donors (Lipinski definition) is 1. The van der Waals surface area contributed by atoms with Crippen LogP contribution in [0.25, 0.3) is 10.9 Å². The van der Waals surface area contributed by atoms with E-state index in [-0.39, 0.29) is 6.61 Å². The molecule has 0 spiro atoms. The molecule has 0 unspecified atom stereocenters. The van der Waals surface area contributed by atoms with Crippen molar-refractivity contribution in [3.8, 4) is 0 Å². The van der Waals surface area contributed by atoms with Crippen molar-refractivity contribution in [3.63, 3.8) is 0 Å². The zero-order chi connectivity index (χ0) is 10.1. The van der Waals surface area contributed by atoms with Crippen molar-refractivity contribution in [2.45, 2.75) is 26.5 Å². The third-order valence-electron chi connectivity index (χ3n) is 2.53. The van der Waals surface area contributed by atoms with E-state index in [1.807, 2.05) is 6.07 Å².